The Morgan fingerprint density at radius 2 is 1.56 bits per heavy atom. The van der Waals surface area contributed by atoms with E-state index in [4.69, 9.17) is 16.6 Å². The van der Waals surface area contributed by atoms with E-state index in [2.05, 4.69) is 5.10 Å². The van der Waals surface area contributed by atoms with Gasteiger partial charge in [-0.2, -0.15) is 0 Å². The summed E-state index contributed by atoms with van der Waals surface area (Å²) in [6.07, 6.45) is 1.69. The number of halogens is 1. The number of nitrogens with zero attached hydrogens (tertiary/aromatic N) is 4. The van der Waals surface area contributed by atoms with Crippen molar-refractivity contribution in [3.05, 3.63) is 106 Å². The summed E-state index contributed by atoms with van der Waals surface area (Å²) in [6.45, 7) is 1.51. The summed E-state index contributed by atoms with van der Waals surface area (Å²) in [6, 6.07) is 23.6. The van der Waals surface area contributed by atoms with Gasteiger partial charge >= 0.3 is 0 Å². The summed E-state index contributed by atoms with van der Waals surface area (Å²) >= 11 is 6.06. The van der Waals surface area contributed by atoms with Gasteiger partial charge in [-0.05, 0) is 43.3 Å². The fraction of sp³-hybridized carbons (Fsp3) is 0.0400. The molecular formula is C25H17ClN4O2. The molecule has 156 valence electrons. The Bertz CT molecular complexity index is 1500. The third-order valence-electron chi connectivity index (χ3n) is 5.21. The molecule has 0 N–H and O–H groups in total. The van der Waals surface area contributed by atoms with Gasteiger partial charge in [0.25, 0.3) is 5.56 Å². The monoisotopic (exact) mass is 440 g/mol. The molecule has 32 heavy (non-hydrogen) atoms. The first-order chi connectivity index (χ1) is 15.5. The standard InChI is InChI=1S/C25H17ClN4O2/c1-16(31)17-7-9-18(10-8-17)24-27-23-22(15-29(28-23)20-5-3-2-4-6-20)25(32)30(24)21-13-11-19(26)12-14-21/h2-15H,1H3. The zero-order chi connectivity index (χ0) is 22.2. The molecule has 0 atom stereocenters. The highest BCUT2D eigenvalue weighted by atomic mass is 35.5. The van der Waals surface area contributed by atoms with Crippen LogP contribution in [0.2, 0.25) is 5.02 Å². The summed E-state index contributed by atoms with van der Waals surface area (Å²) < 4.78 is 3.19. The van der Waals surface area contributed by atoms with Crippen LogP contribution in [0.4, 0.5) is 0 Å². The number of rotatable bonds is 4. The Balaban J connectivity index is 1.78. The van der Waals surface area contributed by atoms with Gasteiger partial charge in [0, 0.05) is 22.3 Å². The molecule has 0 spiro atoms. The number of fused-ring (bicyclic) bond motifs is 1. The lowest BCUT2D eigenvalue weighted by atomic mass is 10.1. The maximum atomic E-state index is 13.6. The molecule has 5 rings (SSSR count). The van der Waals surface area contributed by atoms with Gasteiger partial charge in [0.05, 0.1) is 11.4 Å². The van der Waals surface area contributed by atoms with E-state index in [0.29, 0.717) is 38.7 Å². The minimum atomic E-state index is -0.245. The number of hydrogen-bond donors (Lipinski definition) is 0. The van der Waals surface area contributed by atoms with Crippen molar-refractivity contribution in [2.45, 2.75) is 6.92 Å². The van der Waals surface area contributed by atoms with Gasteiger partial charge in [-0.15, -0.1) is 5.10 Å². The van der Waals surface area contributed by atoms with E-state index in [1.807, 2.05) is 30.3 Å². The highest BCUT2D eigenvalue weighted by Crippen LogP contribution is 2.24. The van der Waals surface area contributed by atoms with Crippen LogP contribution in [-0.2, 0) is 0 Å². The SMILES string of the molecule is CC(=O)c1ccc(-c2nc3nn(-c4ccccc4)cc3c(=O)n2-c2ccc(Cl)cc2)cc1. The number of carbonyl (C=O) groups is 1. The van der Waals surface area contributed by atoms with Crippen LogP contribution in [0, 0.1) is 0 Å². The lowest BCUT2D eigenvalue weighted by molar-refractivity contribution is 0.101. The summed E-state index contributed by atoms with van der Waals surface area (Å²) in [5, 5.41) is 5.51. The molecule has 0 unspecified atom stereocenters. The van der Waals surface area contributed by atoms with Crippen LogP contribution in [-0.4, -0.2) is 25.1 Å². The number of hydrogen-bond acceptors (Lipinski definition) is 4. The van der Waals surface area contributed by atoms with Crippen molar-refractivity contribution in [1.29, 1.82) is 0 Å². The Labute approximate surface area is 188 Å². The van der Waals surface area contributed by atoms with E-state index in [1.54, 1.807) is 64.0 Å². The fourth-order valence-corrected chi connectivity index (χ4v) is 3.68. The number of Topliss-reactive ketones (excluding diaryl/α,β-unsaturated/α-hetero) is 1. The van der Waals surface area contributed by atoms with Gasteiger partial charge in [-0.3, -0.25) is 14.2 Å². The Hall–Kier alpha value is -4.03. The number of benzene rings is 3. The number of carbonyl (C=O) groups excluding carboxylic acids is 1. The van der Waals surface area contributed by atoms with Crippen molar-refractivity contribution in [1.82, 2.24) is 19.3 Å². The molecule has 0 radical (unpaired) electrons. The zero-order valence-electron chi connectivity index (χ0n) is 17.1. The molecule has 2 aromatic heterocycles. The molecule has 0 saturated carbocycles. The second-order valence-electron chi connectivity index (χ2n) is 7.33. The van der Waals surface area contributed by atoms with Crippen LogP contribution in [0.25, 0.3) is 33.8 Å². The smallest absolute Gasteiger partial charge is 0.269 e. The van der Waals surface area contributed by atoms with E-state index >= 15 is 0 Å². The minimum Gasteiger partial charge on any atom is -0.295 e. The van der Waals surface area contributed by atoms with Gasteiger partial charge in [0.1, 0.15) is 11.2 Å². The first-order valence-electron chi connectivity index (χ1n) is 9.96. The minimum absolute atomic E-state index is 0.0309. The van der Waals surface area contributed by atoms with Gasteiger partial charge in [0.15, 0.2) is 11.4 Å². The topological polar surface area (TPSA) is 69.8 Å². The highest BCUT2D eigenvalue weighted by molar-refractivity contribution is 6.30. The van der Waals surface area contributed by atoms with Crippen LogP contribution < -0.4 is 5.56 Å². The Morgan fingerprint density at radius 1 is 0.875 bits per heavy atom. The first kappa shape index (κ1) is 19.9. The molecule has 5 aromatic rings. The molecule has 7 heteroatoms. The van der Waals surface area contributed by atoms with Gasteiger partial charge in [0.2, 0.25) is 0 Å². The molecule has 0 amide bonds. The lowest BCUT2D eigenvalue weighted by Gasteiger charge is -2.12. The van der Waals surface area contributed by atoms with Crippen LogP contribution in [0.15, 0.2) is 89.9 Å². The summed E-state index contributed by atoms with van der Waals surface area (Å²) in [5.41, 5.74) is 2.84. The third kappa shape index (κ3) is 3.50. The normalized spacial score (nSPS) is 11.1. The molecular weight excluding hydrogens is 424 g/mol. The molecule has 0 bridgehead atoms. The van der Waals surface area contributed by atoms with Crippen LogP contribution in [0.3, 0.4) is 0 Å². The summed E-state index contributed by atoms with van der Waals surface area (Å²) in [4.78, 5) is 30.0. The molecule has 0 fully saturated rings. The number of aromatic nitrogens is 4. The van der Waals surface area contributed by atoms with E-state index in [0.717, 1.165) is 5.69 Å². The lowest BCUT2D eigenvalue weighted by Crippen LogP contribution is -2.21. The van der Waals surface area contributed by atoms with Gasteiger partial charge in [-0.25, -0.2) is 9.67 Å². The summed E-state index contributed by atoms with van der Waals surface area (Å²) in [7, 11) is 0. The molecule has 2 heterocycles. The maximum Gasteiger partial charge on any atom is 0.269 e. The molecule has 0 aliphatic rings. The average Bonchev–Trinajstić information content (AvgIpc) is 3.25. The first-order valence-corrected chi connectivity index (χ1v) is 10.3. The third-order valence-corrected chi connectivity index (χ3v) is 5.46. The van der Waals surface area contributed by atoms with E-state index in [1.165, 1.54) is 6.92 Å². The predicted octanol–water partition coefficient (Wildman–Crippen LogP) is 5.09. The van der Waals surface area contributed by atoms with Crippen molar-refractivity contribution < 1.29 is 4.79 Å². The van der Waals surface area contributed by atoms with Gasteiger partial charge in [-0.1, -0.05) is 54.1 Å². The summed E-state index contributed by atoms with van der Waals surface area (Å²) in [5.74, 6) is 0.398. The predicted molar refractivity (Wildman–Crippen MR) is 125 cm³/mol. The van der Waals surface area contributed by atoms with Crippen molar-refractivity contribution in [2.75, 3.05) is 0 Å². The van der Waals surface area contributed by atoms with Crippen LogP contribution >= 0.6 is 11.6 Å². The maximum absolute atomic E-state index is 13.6. The van der Waals surface area contributed by atoms with Crippen LogP contribution in [0.5, 0.6) is 0 Å². The second-order valence-corrected chi connectivity index (χ2v) is 7.77. The highest BCUT2D eigenvalue weighted by Gasteiger charge is 2.18. The van der Waals surface area contributed by atoms with E-state index in [-0.39, 0.29) is 11.3 Å². The fourth-order valence-electron chi connectivity index (χ4n) is 3.56. The molecule has 0 aliphatic carbocycles. The Morgan fingerprint density at radius 3 is 2.22 bits per heavy atom. The second kappa shape index (κ2) is 7.90. The van der Waals surface area contributed by atoms with Crippen molar-refractivity contribution in [3.8, 4) is 22.8 Å². The molecule has 0 aliphatic heterocycles. The average molecular weight is 441 g/mol. The van der Waals surface area contributed by atoms with Crippen LogP contribution in [0.1, 0.15) is 17.3 Å². The molecule has 6 nitrogen and oxygen atoms in total. The van der Waals surface area contributed by atoms with E-state index < -0.39 is 0 Å². The van der Waals surface area contributed by atoms with Crippen molar-refractivity contribution >= 4 is 28.4 Å². The van der Waals surface area contributed by atoms with Crippen molar-refractivity contribution in [2.24, 2.45) is 0 Å². The Kier molecular flexibility index (Phi) is 4.92. The number of para-hydroxylation sites is 1. The molecule has 0 saturated heterocycles. The van der Waals surface area contributed by atoms with E-state index in [9.17, 15) is 9.59 Å². The molecule has 3 aromatic carbocycles. The number of ketones is 1. The van der Waals surface area contributed by atoms with Crippen molar-refractivity contribution in [3.63, 3.8) is 0 Å². The van der Waals surface area contributed by atoms with Gasteiger partial charge < -0.3 is 0 Å². The largest absolute Gasteiger partial charge is 0.295 e. The zero-order valence-corrected chi connectivity index (χ0v) is 17.8. The quantitative estimate of drug-likeness (QED) is 0.365.